The maximum Gasteiger partial charge on any atom is 0.262 e. The lowest BCUT2D eigenvalue weighted by Gasteiger charge is -2.03. The molecule has 3 aromatic rings. The van der Waals surface area contributed by atoms with Crippen molar-refractivity contribution < 1.29 is 9.90 Å². The SMILES string of the molecule is CCc1cc2c(=O)n(CC(=O)N/N=C/c3ccc(O)cc3)cnc2s1. The first-order valence-electron chi connectivity index (χ1n) is 7.65. The van der Waals surface area contributed by atoms with Crippen LogP contribution in [0.2, 0.25) is 0 Å². The van der Waals surface area contributed by atoms with Crippen LogP contribution in [-0.2, 0) is 17.8 Å². The number of thiophene rings is 1. The Kier molecular flexibility index (Phi) is 4.90. The smallest absolute Gasteiger partial charge is 0.262 e. The molecule has 0 fully saturated rings. The van der Waals surface area contributed by atoms with Crippen molar-refractivity contribution in [3.63, 3.8) is 0 Å². The van der Waals surface area contributed by atoms with E-state index >= 15 is 0 Å². The Balaban J connectivity index is 1.68. The number of fused-ring (bicyclic) bond motifs is 1. The molecule has 0 radical (unpaired) electrons. The minimum atomic E-state index is -0.427. The molecular formula is C17H16N4O3S. The molecule has 0 atom stereocenters. The van der Waals surface area contributed by atoms with E-state index in [-0.39, 0.29) is 17.9 Å². The van der Waals surface area contributed by atoms with Crippen molar-refractivity contribution >= 4 is 33.7 Å². The average Bonchev–Trinajstić information content (AvgIpc) is 3.03. The second kappa shape index (κ2) is 7.27. The summed E-state index contributed by atoms with van der Waals surface area (Å²) in [5.41, 5.74) is 2.86. The van der Waals surface area contributed by atoms with Gasteiger partial charge in [-0.2, -0.15) is 5.10 Å². The first kappa shape index (κ1) is 16.8. The summed E-state index contributed by atoms with van der Waals surface area (Å²) >= 11 is 1.49. The quantitative estimate of drug-likeness (QED) is 0.539. The van der Waals surface area contributed by atoms with Gasteiger partial charge in [0.1, 0.15) is 17.1 Å². The number of aryl methyl sites for hydroxylation is 1. The molecule has 0 aliphatic carbocycles. The number of carbonyl (C=O) groups excluding carboxylic acids is 1. The Bertz CT molecular complexity index is 989. The summed E-state index contributed by atoms with van der Waals surface area (Å²) < 4.78 is 1.26. The normalized spacial score (nSPS) is 11.2. The largest absolute Gasteiger partial charge is 0.508 e. The molecule has 25 heavy (non-hydrogen) atoms. The number of phenolic OH excluding ortho intramolecular Hbond substituents is 1. The molecule has 0 aliphatic rings. The molecular weight excluding hydrogens is 340 g/mol. The Morgan fingerprint density at radius 3 is 2.88 bits per heavy atom. The Hall–Kier alpha value is -3.00. The van der Waals surface area contributed by atoms with Crippen LogP contribution in [0.15, 0.2) is 46.6 Å². The molecule has 1 amide bonds. The molecule has 0 saturated carbocycles. The van der Waals surface area contributed by atoms with Crippen LogP contribution in [0.5, 0.6) is 5.75 Å². The standard InChI is InChI=1S/C17H16N4O3S/c1-2-13-7-14-16(25-13)18-10-21(17(14)24)9-15(23)20-19-8-11-3-5-12(22)6-4-11/h3-8,10,22H,2,9H2,1H3,(H,20,23)/b19-8+. The summed E-state index contributed by atoms with van der Waals surface area (Å²) in [7, 11) is 0. The van der Waals surface area contributed by atoms with Gasteiger partial charge < -0.3 is 5.11 Å². The first-order chi connectivity index (χ1) is 12.1. The molecule has 7 nitrogen and oxygen atoms in total. The van der Waals surface area contributed by atoms with Gasteiger partial charge in [-0.05, 0) is 42.3 Å². The molecule has 3 rings (SSSR count). The highest BCUT2D eigenvalue weighted by Crippen LogP contribution is 2.20. The van der Waals surface area contributed by atoms with Crippen molar-refractivity contribution in [2.24, 2.45) is 5.10 Å². The van der Waals surface area contributed by atoms with Gasteiger partial charge in [0, 0.05) is 4.88 Å². The molecule has 0 spiro atoms. The predicted octanol–water partition coefficient (Wildman–Crippen LogP) is 1.88. The third-order valence-corrected chi connectivity index (χ3v) is 4.71. The Morgan fingerprint density at radius 2 is 2.16 bits per heavy atom. The summed E-state index contributed by atoms with van der Waals surface area (Å²) in [6.07, 6.45) is 3.67. The number of rotatable bonds is 5. The maximum absolute atomic E-state index is 12.4. The lowest BCUT2D eigenvalue weighted by atomic mass is 10.2. The lowest BCUT2D eigenvalue weighted by molar-refractivity contribution is -0.121. The molecule has 8 heteroatoms. The average molecular weight is 356 g/mol. The molecule has 1 aromatic carbocycles. The minimum Gasteiger partial charge on any atom is -0.508 e. The van der Waals surface area contributed by atoms with E-state index in [9.17, 15) is 14.7 Å². The van der Waals surface area contributed by atoms with Crippen LogP contribution in [0.1, 0.15) is 17.4 Å². The highest BCUT2D eigenvalue weighted by atomic mass is 32.1. The summed E-state index contributed by atoms with van der Waals surface area (Å²) in [6, 6.07) is 8.20. The van der Waals surface area contributed by atoms with Crippen molar-refractivity contribution in [2.45, 2.75) is 19.9 Å². The number of hydrogen-bond acceptors (Lipinski definition) is 6. The van der Waals surface area contributed by atoms with Gasteiger partial charge in [-0.25, -0.2) is 10.4 Å². The number of hydrazone groups is 1. The zero-order valence-electron chi connectivity index (χ0n) is 13.5. The van der Waals surface area contributed by atoms with Gasteiger partial charge in [-0.1, -0.05) is 6.92 Å². The highest BCUT2D eigenvalue weighted by molar-refractivity contribution is 7.18. The number of benzene rings is 1. The second-order valence-corrected chi connectivity index (χ2v) is 6.46. The third kappa shape index (κ3) is 3.92. The van der Waals surface area contributed by atoms with E-state index in [0.29, 0.717) is 10.2 Å². The Morgan fingerprint density at radius 1 is 1.40 bits per heavy atom. The number of phenols is 1. The van der Waals surface area contributed by atoms with Gasteiger partial charge in [-0.15, -0.1) is 11.3 Å². The van der Waals surface area contributed by atoms with Crippen LogP contribution in [0, 0.1) is 0 Å². The van der Waals surface area contributed by atoms with Gasteiger partial charge >= 0.3 is 0 Å². The topological polar surface area (TPSA) is 96.6 Å². The van der Waals surface area contributed by atoms with E-state index in [1.807, 2.05) is 13.0 Å². The number of aromatic hydroxyl groups is 1. The number of hydrogen-bond donors (Lipinski definition) is 2. The third-order valence-electron chi connectivity index (χ3n) is 3.53. The molecule has 2 N–H and O–H groups in total. The maximum atomic E-state index is 12.4. The zero-order valence-corrected chi connectivity index (χ0v) is 14.3. The zero-order chi connectivity index (χ0) is 17.8. The van der Waals surface area contributed by atoms with Crippen molar-refractivity contribution in [3.05, 3.63) is 57.5 Å². The van der Waals surface area contributed by atoms with E-state index in [1.54, 1.807) is 12.1 Å². The lowest BCUT2D eigenvalue weighted by Crippen LogP contribution is -2.29. The van der Waals surface area contributed by atoms with Gasteiger partial charge in [0.25, 0.3) is 11.5 Å². The van der Waals surface area contributed by atoms with Crippen molar-refractivity contribution in [2.75, 3.05) is 0 Å². The molecule has 0 saturated heterocycles. The number of nitrogens with zero attached hydrogens (tertiary/aromatic N) is 3. The monoisotopic (exact) mass is 356 g/mol. The minimum absolute atomic E-state index is 0.156. The molecule has 2 heterocycles. The van der Waals surface area contributed by atoms with Crippen molar-refractivity contribution in [3.8, 4) is 5.75 Å². The van der Waals surface area contributed by atoms with Crippen LogP contribution in [-0.4, -0.2) is 26.8 Å². The first-order valence-corrected chi connectivity index (χ1v) is 8.47. The predicted molar refractivity (Wildman–Crippen MR) is 97.1 cm³/mol. The summed E-state index contributed by atoms with van der Waals surface area (Å²) in [4.78, 5) is 30.4. The second-order valence-electron chi connectivity index (χ2n) is 5.35. The number of nitrogens with one attached hydrogen (secondary N) is 1. The van der Waals surface area contributed by atoms with E-state index in [2.05, 4.69) is 15.5 Å². The van der Waals surface area contributed by atoms with Crippen LogP contribution < -0.4 is 11.0 Å². The highest BCUT2D eigenvalue weighted by Gasteiger charge is 2.10. The summed E-state index contributed by atoms with van der Waals surface area (Å²) in [6.45, 7) is 1.86. The number of aromatic nitrogens is 2. The molecule has 128 valence electrons. The van der Waals surface area contributed by atoms with Crippen molar-refractivity contribution in [1.29, 1.82) is 0 Å². The van der Waals surface area contributed by atoms with E-state index in [1.165, 1.54) is 40.6 Å². The fraction of sp³-hybridized carbons (Fsp3) is 0.176. The molecule has 2 aromatic heterocycles. The fourth-order valence-corrected chi connectivity index (χ4v) is 3.15. The summed E-state index contributed by atoms with van der Waals surface area (Å²) in [5, 5.41) is 13.6. The van der Waals surface area contributed by atoms with E-state index in [0.717, 1.165) is 16.9 Å². The van der Waals surface area contributed by atoms with Crippen LogP contribution in [0.3, 0.4) is 0 Å². The number of carbonyl (C=O) groups is 1. The van der Waals surface area contributed by atoms with Gasteiger partial charge in [0.05, 0.1) is 17.9 Å². The van der Waals surface area contributed by atoms with E-state index in [4.69, 9.17) is 0 Å². The van der Waals surface area contributed by atoms with Gasteiger partial charge in [0.2, 0.25) is 0 Å². The summed E-state index contributed by atoms with van der Waals surface area (Å²) in [5.74, 6) is -0.271. The van der Waals surface area contributed by atoms with Crippen LogP contribution >= 0.6 is 11.3 Å². The van der Waals surface area contributed by atoms with Crippen molar-refractivity contribution in [1.82, 2.24) is 15.0 Å². The molecule has 0 unspecified atom stereocenters. The van der Waals surface area contributed by atoms with Gasteiger partial charge in [-0.3, -0.25) is 14.2 Å². The Labute approximate surface area is 147 Å². The molecule has 0 aliphatic heterocycles. The fourth-order valence-electron chi connectivity index (χ4n) is 2.23. The van der Waals surface area contributed by atoms with E-state index < -0.39 is 5.91 Å². The molecule has 0 bridgehead atoms. The number of amides is 1. The van der Waals surface area contributed by atoms with Crippen LogP contribution in [0.4, 0.5) is 0 Å². The van der Waals surface area contributed by atoms with Crippen LogP contribution in [0.25, 0.3) is 10.2 Å². The van der Waals surface area contributed by atoms with Gasteiger partial charge in [0.15, 0.2) is 0 Å².